The molecule has 1 saturated heterocycles. The maximum absolute atomic E-state index is 5.70. The number of thiazole rings is 1. The molecule has 0 radical (unpaired) electrons. The fraction of sp³-hybridized carbons (Fsp3) is 0.444. The SMILES string of the molecule is Nc1nc(N2CCNCC2)c2ncsc2n1. The van der Waals surface area contributed by atoms with Gasteiger partial charge in [0, 0.05) is 26.2 Å². The van der Waals surface area contributed by atoms with Crippen LogP contribution in [0.15, 0.2) is 5.51 Å². The van der Waals surface area contributed by atoms with Crippen molar-refractivity contribution in [1.82, 2.24) is 20.3 Å². The van der Waals surface area contributed by atoms with Crippen molar-refractivity contribution in [3.63, 3.8) is 0 Å². The maximum Gasteiger partial charge on any atom is 0.223 e. The molecule has 2 aromatic heterocycles. The zero-order valence-corrected chi connectivity index (χ0v) is 9.50. The molecule has 0 amide bonds. The van der Waals surface area contributed by atoms with Crippen molar-refractivity contribution in [2.45, 2.75) is 0 Å². The van der Waals surface area contributed by atoms with Gasteiger partial charge in [0.1, 0.15) is 5.52 Å². The quantitative estimate of drug-likeness (QED) is 0.730. The molecule has 7 heteroatoms. The van der Waals surface area contributed by atoms with Crippen molar-refractivity contribution in [2.24, 2.45) is 0 Å². The molecule has 3 heterocycles. The lowest BCUT2D eigenvalue weighted by atomic mass is 10.3. The van der Waals surface area contributed by atoms with E-state index >= 15 is 0 Å². The molecule has 0 atom stereocenters. The monoisotopic (exact) mass is 236 g/mol. The first-order chi connectivity index (χ1) is 7.84. The summed E-state index contributed by atoms with van der Waals surface area (Å²) < 4.78 is 0. The van der Waals surface area contributed by atoms with Crippen LogP contribution in [0.1, 0.15) is 0 Å². The van der Waals surface area contributed by atoms with E-state index in [1.54, 1.807) is 5.51 Å². The van der Waals surface area contributed by atoms with Gasteiger partial charge < -0.3 is 16.0 Å². The van der Waals surface area contributed by atoms with E-state index in [0.717, 1.165) is 42.3 Å². The Kier molecular flexibility index (Phi) is 2.33. The summed E-state index contributed by atoms with van der Waals surface area (Å²) in [5.41, 5.74) is 8.35. The molecule has 84 valence electrons. The molecular weight excluding hydrogens is 224 g/mol. The van der Waals surface area contributed by atoms with E-state index < -0.39 is 0 Å². The number of piperazine rings is 1. The van der Waals surface area contributed by atoms with Crippen molar-refractivity contribution in [3.05, 3.63) is 5.51 Å². The predicted octanol–water partition coefficient (Wildman–Crippen LogP) is 0.0781. The van der Waals surface area contributed by atoms with Crippen LogP contribution in [0.25, 0.3) is 10.3 Å². The average Bonchev–Trinajstić information content (AvgIpc) is 2.77. The molecule has 0 unspecified atom stereocenters. The summed E-state index contributed by atoms with van der Waals surface area (Å²) in [6.07, 6.45) is 0. The van der Waals surface area contributed by atoms with Crippen LogP contribution in [-0.2, 0) is 0 Å². The lowest BCUT2D eigenvalue weighted by molar-refractivity contribution is 0.586. The third kappa shape index (κ3) is 1.57. The number of nitrogens with zero attached hydrogens (tertiary/aromatic N) is 4. The first kappa shape index (κ1) is 9.73. The van der Waals surface area contributed by atoms with E-state index in [4.69, 9.17) is 5.73 Å². The van der Waals surface area contributed by atoms with Crippen LogP contribution < -0.4 is 16.0 Å². The van der Waals surface area contributed by atoms with Crippen molar-refractivity contribution in [2.75, 3.05) is 36.8 Å². The number of aromatic nitrogens is 3. The fourth-order valence-corrected chi connectivity index (χ4v) is 2.52. The summed E-state index contributed by atoms with van der Waals surface area (Å²) in [5.74, 6) is 1.19. The molecule has 1 aliphatic heterocycles. The third-order valence-electron chi connectivity index (χ3n) is 2.61. The van der Waals surface area contributed by atoms with Gasteiger partial charge in [-0.3, -0.25) is 0 Å². The van der Waals surface area contributed by atoms with Gasteiger partial charge in [-0.25, -0.2) is 9.97 Å². The van der Waals surface area contributed by atoms with Gasteiger partial charge in [0.2, 0.25) is 5.95 Å². The summed E-state index contributed by atoms with van der Waals surface area (Å²) in [6, 6.07) is 0. The van der Waals surface area contributed by atoms with Crippen LogP contribution in [0.3, 0.4) is 0 Å². The molecule has 1 aliphatic rings. The Balaban J connectivity index is 2.09. The first-order valence-electron chi connectivity index (χ1n) is 5.17. The average molecular weight is 236 g/mol. The largest absolute Gasteiger partial charge is 0.368 e. The zero-order chi connectivity index (χ0) is 11.0. The minimum Gasteiger partial charge on any atom is -0.368 e. The molecular formula is C9H12N6S. The normalized spacial score (nSPS) is 16.9. The van der Waals surface area contributed by atoms with E-state index in [-0.39, 0.29) is 0 Å². The van der Waals surface area contributed by atoms with Gasteiger partial charge in [0.25, 0.3) is 0 Å². The van der Waals surface area contributed by atoms with Gasteiger partial charge >= 0.3 is 0 Å². The lowest BCUT2D eigenvalue weighted by Gasteiger charge is -2.28. The molecule has 2 aromatic rings. The van der Waals surface area contributed by atoms with E-state index in [2.05, 4.69) is 25.2 Å². The maximum atomic E-state index is 5.70. The van der Waals surface area contributed by atoms with Crippen molar-refractivity contribution >= 4 is 33.5 Å². The molecule has 0 saturated carbocycles. The van der Waals surface area contributed by atoms with E-state index in [9.17, 15) is 0 Å². The van der Waals surface area contributed by atoms with Crippen LogP contribution in [-0.4, -0.2) is 41.1 Å². The fourth-order valence-electron chi connectivity index (χ4n) is 1.86. The minimum absolute atomic E-state index is 0.324. The number of rotatable bonds is 1. The molecule has 0 bridgehead atoms. The predicted molar refractivity (Wildman–Crippen MR) is 64.7 cm³/mol. The third-order valence-corrected chi connectivity index (χ3v) is 3.33. The second-order valence-electron chi connectivity index (χ2n) is 3.65. The van der Waals surface area contributed by atoms with Gasteiger partial charge in [-0.1, -0.05) is 0 Å². The van der Waals surface area contributed by atoms with Gasteiger partial charge in [-0.15, -0.1) is 11.3 Å². The summed E-state index contributed by atoms with van der Waals surface area (Å²) >= 11 is 1.50. The van der Waals surface area contributed by atoms with Crippen molar-refractivity contribution in [1.29, 1.82) is 0 Å². The Labute approximate surface area is 96.5 Å². The van der Waals surface area contributed by atoms with Crippen molar-refractivity contribution < 1.29 is 0 Å². The van der Waals surface area contributed by atoms with Crippen LogP contribution >= 0.6 is 11.3 Å². The zero-order valence-electron chi connectivity index (χ0n) is 8.68. The highest BCUT2D eigenvalue weighted by Crippen LogP contribution is 2.25. The van der Waals surface area contributed by atoms with E-state index in [1.807, 2.05) is 0 Å². The summed E-state index contributed by atoms with van der Waals surface area (Å²) in [6.45, 7) is 3.80. The minimum atomic E-state index is 0.324. The number of nitrogen functional groups attached to an aromatic ring is 1. The van der Waals surface area contributed by atoms with Crippen LogP contribution in [0.2, 0.25) is 0 Å². The van der Waals surface area contributed by atoms with Gasteiger partial charge in [0.05, 0.1) is 5.51 Å². The van der Waals surface area contributed by atoms with Gasteiger partial charge in [-0.05, 0) is 0 Å². The highest BCUT2D eigenvalue weighted by Gasteiger charge is 2.17. The highest BCUT2D eigenvalue weighted by molar-refractivity contribution is 7.16. The highest BCUT2D eigenvalue weighted by atomic mass is 32.1. The summed E-state index contributed by atoms with van der Waals surface area (Å²) in [4.78, 5) is 15.9. The molecule has 0 aliphatic carbocycles. The van der Waals surface area contributed by atoms with Crippen molar-refractivity contribution in [3.8, 4) is 0 Å². The number of anilines is 2. The van der Waals surface area contributed by atoms with Crippen LogP contribution in [0.4, 0.5) is 11.8 Å². The number of nitrogens with one attached hydrogen (secondary N) is 1. The summed E-state index contributed by atoms with van der Waals surface area (Å²) in [5, 5.41) is 3.31. The second-order valence-corrected chi connectivity index (χ2v) is 4.48. The number of nitrogens with two attached hydrogens (primary N) is 1. The Morgan fingerprint density at radius 3 is 2.94 bits per heavy atom. The Bertz CT molecular complexity index is 504. The Hall–Kier alpha value is -1.47. The smallest absolute Gasteiger partial charge is 0.223 e. The topological polar surface area (TPSA) is 80.0 Å². The molecule has 3 N–H and O–H groups in total. The van der Waals surface area contributed by atoms with Crippen LogP contribution in [0, 0.1) is 0 Å². The summed E-state index contributed by atoms with van der Waals surface area (Å²) in [7, 11) is 0. The molecule has 3 rings (SSSR count). The number of hydrogen-bond donors (Lipinski definition) is 2. The molecule has 0 spiro atoms. The Morgan fingerprint density at radius 1 is 1.31 bits per heavy atom. The first-order valence-corrected chi connectivity index (χ1v) is 6.05. The molecule has 0 aromatic carbocycles. The Morgan fingerprint density at radius 2 is 2.12 bits per heavy atom. The number of hydrogen-bond acceptors (Lipinski definition) is 7. The van der Waals surface area contributed by atoms with Gasteiger partial charge in [0.15, 0.2) is 10.6 Å². The lowest BCUT2D eigenvalue weighted by Crippen LogP contribution is -2.44. The molecule has 6 nitrogen and oxygen atoms in total. The van der Waals surface area contributed by atoms with E-state index in [1.165, 1.54) is 11.3 Å². The van der Waals surface area contributed by atoms with Gasteiger partial charge in [-0.2, -0.15) is 4.98 Å². The molecule has 1 fully saturated rings. The van der Waals surface area contributed by atoms with Crippen LogP contribution in [0.5, 0.6) is 0 Å². The van der Waals surface area contributed by atoms with E-state index in [0.29, 0.717) is 5.95 Å². The molecule has 16 heavy (non-hydrogen) atoms. The number of fused-ring (bicyclic) bond motifs is 1. The second kappa shape index (κ2) is 3.84. The standard InChI is InChI=1S/C9H12N6S/c10-9-13-7(15-3-1-11-2-4-15)6-8(14-9)16-5-12-6/h5,11H,1-4H2,(H2,10,13,14).